The van der Waals surface area contributed by atoms with Gasteiger partial charge in [0.05, 0.1) is 39.5 Å². The van der Waals surface area contributed by atoms with Crippen molar-refractivity contribution in [3.05, 3.63) is 41.0 Å². The third kappa shape index (κ3) is 3.77. The smallest absolute Gasteiger partial charge is 0.315 e. The maximum absolute atomic E-state index is 13.9. The van der Waals surface area contributed by atoms with Crippen molar-refractivity contribution in [2.45, 2.75) is 64.1 Å². The van der Waals surface area contributed by atoms with Crippen LogP contribution in [0.5, 0.6) is 28.7 Å². The summed E-state index contributed by atoms with van der Waals surface area (Å²) in [5, 5.41) is 0. The van der Waals surface area contributed by atoms with Gasteiger partial charge in [-0.15, -0.1) is 0 Å². The molecule has 1 aliphatic carbocycles. The minimum absolute atomic E-state index is 0.0165. The van der Waals surface area contributed by atoms with E-state index in [0.29, 0.717) is 52.1 Å². The van der Waals surface area contributed by atoms with Gasteiger partial charge in [0, 0.05) is 0 Å². The first-order chi connectivity index (χ1) is 19.8. The highest BCUT2D eigenvalue weighted by Gasteiger charge is 2.72. The largest absolute Gasteiger partial charge is 0.493 e. The molecular weight excluding hydrogens is 528 g/mol. The number of fused-ring (bicyclic) bond motifs is 9. The van der Waals surface area contributed by atoms with Gasteiger partial charge in [0.25, 0.3) is 0 Å². The summed E-state index contributed by atoms with van der Waals surface area (Å²) in [6.07, 6.45) is 2.13. The molecule has 0 aromatic heterocycles. The minimum Gasteiger partial charge on any atom is -0.493 e. The molecule has 4 heterocycles. The lowest BCUT2D eigenvalue weighted by molar-refractivity contribution is -0.205. The van der Waals surface area contributed by atoms with Gasteiger partial charge in [-0.25, -0.2) is 0 Å². The third-order valence-electron chi connectivity index (χ3n) is 9.90. The van der Waals surface area contributed by atoms with Crippen LogP contribution in [0.4, 0.5) is 0 Å². The lowest BCUT2D eigenvalue weighted by Gasteiger charge is -2.39. The minimum atomic E-state index is -1.16. The second-order valence-electron chi connectivity index (χ2n) is 12.3. The molecule has 9 nitrogen and oxygen atoms in total. The van der Waals surface area contributed by atoms with Crippen molar-refractivity contribution in [1.82, 2.24) is 0 Å². The molecule has 2 saturated heterocycles. The maximum atomic E-state index is 13.9. The van der Waals surface area contributed by atoms with E-state index in [-0.39, 0.29) is 24.8 Å². The Labute approximate surface area is 240 Å². The lowest BCUT2D eigenvalue weighted by atomic mass is 9.66. The van der Waals surface area contributed by atoms with Gasteiger partial charge in [-0.3, -0.25) is 4.79 Å². The lowest BCUT2D eigenvalue weighted by Crippen LogP contribution is -2.41. The highest BCUT2D eigenvalue weighted by Crippen LogP contribution is 2.69. The average Bonchev–Trinajstić information content (AvgIpc) is 3.72. The predicted molar refractivity (Wildman–Crippen MR) is 146 cm³/mol. The van der Waals surface area contributed by atoms with Crippen LogP contribution in [-0.4, -0.2) is 46.5 Å². The monoisotopic (exact) mass is 566 g/mol. The zero-order valence-electron chi connectivity index (χ0n) is 24.4. The molecule has 3 fully saturated rings. The Morgan fingerprint density at radius 2 is 1.66 bits per heavy atom. The van der Waals surface area contributed by atoms with Gasteiger partial charge in [-0.1, -0.05) is 27.2 Å². The average molecular weight is 567 g/mol. The highest BCUT2D eigenvalue weighted by molar-refractivity contribution is 5.81. The number of methoxy groups -OCH3 is 3. The Balaban J connectivity index is 1.36. The molecule has 2 bridgehead atoms. The highest BCUT2D eigenvalue weighted by atomic mass is 16.7. The molecule has 0 N–H and O–H groups in total. The number of rotatable bonds is 7. The van der Waals surface area contributed by atoms with Crippen molar-refractivity contribution in [3.63, 3.8) is 0 Å². The Morgan fingerprint density at radius 3 is 2.32 bits per heavy atom. The number of benzene rings is 2. The van der Waals surface area contributed by atoms with Crippen molar-refractivity contribution in [2.24, 2.45) is 29.6 Å². The van der Waals surface area contributed by atoms with Crippen LogP contribution in [0.1, 0.15) is 62.8 Å². The van der Waals surface area contributed by atoms with Crippen LogP contribution in [0, 0.1) is 29.6 Å². The zero-order valence-corrected chi connectivity index (χ0v) is 24.4. The van der Waals surface area contributed by atoms with Crippen molar-refractivity contribution >= 4 is 5.97 Å². The quantitative estimate of drug-likeness (QED) is 0.411. The van der Waals surface area contributed by atoms with Crippen molar-refractivity contribution in [2.75, 3.05) is 28.1 Å². The molecule has 4 aliphatic heterocycles. The van der Waals surface area contributed by atoms with E-state index in [1.807, 2.05) is 24.3 Å². The predicted octanol–water partition coefficient (Wildman–Crippen LogP) is 5.36. The van der Waals surface area contributed by atoms with Gasteiger partial charge >= 0.3 is 5.97 Å². The summed E-state index contributed by atoms with van der Waals surface area (Å²) < 4.78 is 48.4. The second-order valence-corrected chi connectivity index (χ2v) is 12.3. The molecular formula is C32H38O9. The van der Waals surface area contributed by atoms with Crippen LogP contribution < -0.4 is 23.7 Å². The molecule has 0 amide bonds. The normalized spacial score (nSPS) is 34.4. The van der Waals surface area contributed by atoms with Gasteiger partial charge in [-0.2, -0.15) is 0 Å². The first-order valence-electron chi connectivity index (χ1n) is 14.6. The first-order valence-corrected chi connectivity index (χ1v) is 14.6. The summed E-state index contributed by atoms with van der Waals surface area (Å²) >= 11 is 0. The van der Waals surface area contributed by atoms with E-state index >= 15 is 0 Å². The van der Waals surface area contributed by atoms with Gasteiger partial charge < -0.3 is 37.9 Å². The number of carbonyl (C=O) groups excluding carboxylic acids is 1. The van der Waals surface area contributed by atoms with E-state index in [4.69, 9.17) is 37.9 Å². The first kappa shape index (κ1) is 26.7. The summed E-state index contributed by atoms with van der Waals surface area (Å²) in [6, 6.07) is 7.65. The fraction of sp³-hybridized carbons (Fsp3) is 0.594. The van der Waals surface area contributed by atoms with Gasteiger partial charge in [0.15, 0.2) is 23.0 Å². The van der Waals surface area contributed by atoms with Crippen molar-refractivity contribution in [1.29, 1.82) is 0 Å². The molecule has 9 heteroatoms. The van der Waals surface area contributed by atoms with Crippen LogP contribution in [0.2, 0.25) is 0 Å². The van der Waals surface area contributed by atoms with E-state index in [9.17, 15) is 4.79 Å². The number of esters is 1. The summed E-state index contributed by atoms with van der Waals surface area (Å²) in [6.45, 7) is 6.92. The van der Waals surface area contributed by atoms with Crippen LogP contribution in [0.3, 0.4) is 0 Å². The van der Waals surface area contributed by atoms with Crippen LogP contribution in [0.25, 0.3) is 0 Å². The van der Waals surface area contributed by atoms with Crippen molar-refractivity contribution in [3.8, 4) is 28.7 Å². The Bertz CT molecular complexity index is 1350. The van der Waals surface area contributed by atoms with E-state index in [2.05, 4.69) is 20.8 Å². The Hall–Kier alpha value is -3.17. The summed E-state index contributed by atoms with van der Waals surface area (Å²) in [4.78, 5) is 13.9. The molecule has 41 heavy (non-hydrogen) atoms. The van der Waals surface area contributed by atoms with Gasteiger partial charge in [-0.05, 0) is 71.6 Å². The summed E-state index contributed by atoms with van der Waals surface area (Å²) in [7, 11) is 4.71. The van der Waals surface area contributed by atoms with Gasteiger partial charge in [0.2, 0.25) is 18.8 Å². The summed E-state index contributed by atoms with van der Waals surface area (Å²) in [5.74, 6) is 2.86. The Kier molecular flexibility index (Phi) is 6.32. The molecule has 5 aliphatic rings. The molecule has 1 saturated carbocycles. The van der Waals surface area contributed by atoms with Crippen molar-refractivity contribution < 1.29 is 42.7 Å². The zero-order chi connectivity index (χ0) is 28.6. The third-order valence-corrected chi connectivity index (χ3v) is 9.90. The fourth-order valence-corrected chi connectivity index (χ4v) is 7.96. The number of ether oxygens (including phenoxy) is 8. The Morgan fingerprint density at radius 1 is 0.951 bits per heavy atom. The summed E-state index contributed by atoms with van der Waals surface area (Å²) in [5.41, 5.74) is 1.36. The molecule has 0 unspecified atom stereocenters. The molecule has 2 aromatic rings. The van der Waals surface area contributed by atoms with Gasteiger partial charge in [0.1, 0.15) is 11.5 Å². The molecule has 0 spiro atoms. The maximum Gasteiger partial charge on any atom is 0.315 e. The molecule has 8 atom stereocenters. The van der Waals surface area contributed by atoms with Crippen LogP contribution in [-0.2, 0) is 24.6 Å². The van der Waals surface area contributed by atoms with Crippen LogP contribution >= 0.6 is 0 Å². The topological polar surface area (TPSA) is 90.9 Å². The molecule has 0 radical (unpaired) electrons. The van der Waals surface area contributed by atoms with Crippen LogP contribution in [0.15, 0.2) is 24.3 Å². The number of hydrogen-bond acceptors (Lipinski definition) is 9. The van der Waals surface area contributed by atoms with E-state index in [1.54, 1.807) is 21.3 Å². The second kappa shape index (κ2) is 9.70. The molecule has 2 aromatic carbocycles. The number of carbonyl (C=O) groups is 1. The standard InChI is InChI=1S/C32H38O9/c1-15(2)18-8-7-16(3)9-21(18)39-31-26-27(30(33)40-31)32(17-10-24(34-4)29(36-6)25(11-17)35-5)20-13-23-22(37-14-38-23)12-19(20)28(26)41-32/h10-13,15-16,18,21,26-28,31H,7-9,14H2,1-6H3/t16-,18-,21-,26-,27+,28+,31-,32-/m1/s1. The van der Waals surface area contributed by atoms with E-state index in [0.717, 1.165) is 24.0 Å². The fourth-order valence-electron chi connectivity index (χ4n) is 7.96. The van der Waals surface area contributed by atoms with E-state index in [1.165, 1.54) is 6.42 Å². The number of hydrogen-bond donors (Lipinski definition) is 0. The van der Waals surface area contributed by atoms with E-state index < -0.39 is 23.9 Å². The molecule has 7 rings (SSSR count). The number of cyclic esters (lactones) is 1. The molecule has 220 valence electrons. The SMILES string of the molecule is COc1cc([C@@]23O[C@@H](c4cc5c(cc42)OCO5)[C@@H]2[C@H](O[C@@H]4C[C@H](C)CC[C@@H]4C(C)C)OC(=O)[C@H]23)cc(OC)c1OC.